The summed E-state index contributed by atoms with van der Waals surface area (Å²) in [5.74, 6) is -0.395. The number of carbonyl (C=O) groups is 1. The molecule has 0 heterocycles. The fourth-order valence-corrected chi connectivity index (χ4v) is 7.41. The molecule has 58 heavy (non-hydrogen) atoms. The maximum absolute atomic E-state index is 12.6. The maximum atomic E-state index is 12.6. The summed E-state index contributed by atoms with van der Waals surface area (Å²) in [7, 11) is -4.52. The molecule has 0 radical (unpaired) electrons. The monoisotopic (exact) mass is 843 g/mol. The number of aliphatic hydroxyl groups is 2. The number of unbranched alkanes of at least 4 members (excludes halogenated alkanes) is 26. The Morgan fingerprint density at radius 1 is 0.534 bits per heavy atom. The van der Waals surface area contributed by atoms with Gasteiger partial charge in [0, 0.05) is 13.0 Å². The zero-order valence-electron chi connectivity index (χ0n) is 37.5. The Kier molecular flexibility index (Phi) is 44.2. The van der Waals surface area contributed by atoms with Crippen molar-refractivity contribution in [2.45, 2.75) is 232 Å². The highest BCUT2D eigenvalue weighted by Gasteiger charge is 2.26. The summed E-state index contributed by atoms with van der Waals surface area (Å²) in [6, 6.07) is 0. The van der Waals surface area contributed by atoms with E-state index in [4.69, 9.17) is 23.6 Å². The van der Waals surface area contributed by atoms with Crippen molar-refractivity contribution >= 4 is 13.8 Å². The van der Waals surface area contributed by atoms with E-state index in [9.17, 15) is 19.4 Å². The number of rotatable bonds is 46. The zero-order valence-corrected chi connectivity index (χ0v) is 38.4. The van der Waals surface area contributed by atoms with Crippen molar-refractivity contribution in [2.75, 3.05) is 33.0 Å². The molecule has 342 valence electrons. The second kappa shape index (κ2) is 45.2. The number of aliphatic hydroxyl groups excluding tert-OH is 2. The number of carbonyl (C=O) groups excluding carboxylic acids is 1. The summed E-state index contributed by atoms with van der Waals surface area (Å²) < 4.78 is 33.4. The number of phosphoric acid groups is 1. The maximum Gasteiger partial charge on any atom is 0.472 e. The molecule has 0 spiro atoms. The van der Waals surface area contributed by atoms with E-state index in [0.29, 0.717) is 13.0 Å². The van der Waals surface area contributed by atoms with Crippen LogP contribution in [0.4, 0.5) is 0 Å². The number of allylic oxidation sites excluding steroid dienone is 6. The van der Waals surface area contributed by atoms with Gasteiger partial charge in [0.1, 0.15) is 12.2 Å². The fraction of sp³-hybridized carbons (Fsp3) is 0.854. The van der Waals surface area contributed by atoms with Crippen molar-refractivity contribution in [3.05, 3.63) is 36.5 Å². The lowest BCUT2D eigenvalue weighted by atomic mass is 10.0. The van der Waals surface area contributed by atoms with E-state index in [2.05, 4.69) is 50.3 Å². The molecular formula is C48H91O9P. The molecule has 3 unspecified atom stereocenters. The van der Waals surface area contributed by atoms with E-state index in [0.717, 1.165) is 64.2 Å². The molecule has 0 aliphatic heterocycles. The van der Waals surface area contributed by atoms with E-state index in [-0.39, 0.29) is 19.6 Å². The molecule has 3 N–H and O–H groups in total. The molecule has 0 bridgehead atoms. The SMILES string of the molecule is CCC/C=C\C/C=C\CCCCCCCC(=O)OC(COCCCCCCCCCCCCCC/C=C\CCCCCCCCCC)COP(=O)(O)OCC(O)CO. The summed E-state index contributed by atoms with van der Waals surface area (Å²) in [5, 5.41) is 18.4. The van der Waals surface area contributed by atoms with Crippen LogP contribution >= 0.6 is 7.82 Å². The molecule has 0 aromatic heterocycles. The topological polar surface area (TPSA) is 132 Å². The van der Waals surface area contributed by atoms with Crippen LogP contribution < -0.4 is 0 Å². The van der Waals surface area contributed by atoms with Crippen molar-refractivity contribution in [1.82, 2.24) is 0 Å². The number of ether oxygens (including phenoxy) is 2. The van der Waals surface area contributed by atoms with E-state index in [1.165, 1.54) is 128 Å². The van der Waals surface area contributed by atoms with E-state index in [1.807, 2.05) is 0 Å². The first-order valence-corrected chi connectivity index (χ1v) is 25.5. The predicted molar refractivity (Wildman–Crippen MR) is 242 cm³/mol. The van der Waals surface area contributed by atoms with Crippen LogP contribution in [0.2, 0.25) is 0 Å². The minimum Gasteiger partial charge on any atom is -0.457 e. The van der Waals surface area contributed by atoms with Gasteiger partial charge in [-0.3, -0.25) is 13.8 Å². The second-order valence-corrected chi connectivity index (χ2v) is 17.6. The van der Waals surface area contributed by atoms with Crippen molar-refractivity contribution in [3.8, 4) is 0 Å². The smallest absolute Gasteiger partial charge is 0.457 e. The highest BCUT2D eigenvalue weighted by molar-refractivity contribution is 7.47. The van der Waals surface area contributed by atoms with E-state index >= 15 is 0 Å². The number of phosphoric ester groups is 1. The molecule has 0 amide bonds. The highest BCUT2D eigenvalue weighted by atomic mass is 31.2. The third-order valence-electron chi connectivity index (χ3n) is 10.3. The second-order valence-electron chi connectivity index (χ2n) is 16.1. The van der Waals surface area contributed by atoms with Crippen molar-refractivity contribution < 1.29 is 43.0 Å². The van der Waals surface area contributed by atoms with Crippen LogP contribution in [0.3, 0.4) is 0 Å². The van der Waals surface area contributed by atoms with Gasteiger partial charge in [0.25, 0.3) is 0 Å². The van der Waals surface area contributed by atoms with Crippen LogP contribution in [0.1, 0.15) is 219 Å². The molecule has 0 saturated carbocycles. The van der Waals surface area contributed by atoms with Gasteiger partial charge in [-0.15, -0.1) is 0 Å². The average molecular weight is 843 g/mol. The highest BCUT2D eigenvalue weighted by Crippen LogP contribution is 2.43. The summed E-state index contributed by atoms with van der Waals surface area (Å²) in [5.41, 5.74) is 0. The lowest BCUT2D eigenvalue weighted by Crippen LogP contribution is -2.29. The van der Waals surface area contributed by atoms with Crippen molar-refractivity contribution in [2.24, 2.45) is 0 Å². The van der Waals surface area contributed by atoms with Gasteiger partial charge in [-0.2, -0.15) is 0 Å². The minimum absolute atomic E-state index is 0.0446. The molecule has 0 aliphatic carbocycles. The molecule has 0 saturated heterocycles. The van der Waals surface area contributed by atoms with Crippen LogP contribution in [-0.2, 0) is 27.9 Å². The molecule has 9 nitrogen and oxygen atoms in total. The Balaban J connectivity index is 4.03. The summed E-state index contributed by atoms with van der Waals surface area (Å²) >= 11 is 0. The Morgan fingerprint density at radius 2 is 0.966 bits per heavy atom. The van der Waals surface area contributed by atoms with Crippen LogP contribution in [0, 0.1) is 0 Å². The average Bonchev–Trinajstić information content (AvgIpc) is 3.21. The Labute approximate surface area is 356 Å². The third kappa shape index (κ3) is 44.2. The fourth-order valence-electron chi connectivity index (χ4n) is 6.62. The molecule has 0 aliphatic rings. The van der Waals surface area contributed by atoms with Gasteiger partial charge in [0.2, 0.25) is 0 Å². The Morgan fingerprint density at radius 3 is 1.47 bits per heavy atom. The van der Waals surface area contributed by atoms with Gasteiger partial charge in [0.05, 0.1) is 26.4 Å². The molecule has 0 fully saturated rings. The third-order valence-corrected chi connectivity index (χ3v) is 11.2. The number of hydrogen-bond donors (Lipinski definition) is 3. The quantitative estimate of drug-likeness (QED) is 0.0237. The van der Waals surface area contributed by atoms with Crippen LogP contribution in [-0.4, -0.2) is 66.3 Å². The summed E-state index contributed by atoms with van der Waals surface area (Å²) in [6.45, 7) is 3.46. The number of hydrogen-bond acceptors (Lipinski definition) is 8. The first-order valence-electron chi connectivity index (χ1n) is 24.0. The summed E-state index contributed by atoms with van der Waals surface area (Å²) in [6.07, 6.45) is 49.7. The van der Waals surface area contributed by atoms with Gasteiger partial charge in [-0.25, -0.2) is 4.57 Å². The molecule has 10 heteroatoms. The van der Waals surface area contributed by atoms with Gasteiger partial charge in [-0.05, 0) is 64.2 Å². The Hall–Kier alpha value is -1.32. The molecule has 0 aromatic carbocycles. The van der Waals surface area contributed by atoms with Gasteiger partial charge in [-0.1, -0.05) is 185 Å². The van der Waals surface area contributed by atoms with Gasteiger partial charge < -0.3 is 24.6 Å². The largest absolute Gasteiger partial charge is 0.472 e. The predicted octanol–water partition coefficient (Wildman–Crippen LogP) is 13.6. The lowest BCUT2D eigenvalue weighted by Gasteiger charge is -2.20. The van der Waals surface area contributed by atoms with Gasteiger partial charge >= 0.3 is 13.8 Å². The van der Waals surface area contributed by atoms with Crippen LogP contribution in [0.25, 0.3) is 0 Å². The van der Waals surface area contributed by atoms with E-state index in [1.54, 1.807) is 0 Å². The first-order chi connectivity index (χ1) is 28.3. The normalized spacial score (nSPS) is 14.2. The van der Waals surface area contributed by atoms with Crippen molar-refractivity contribution in [3.63, 3.8) is 0 Å². The number of esters is 1. The minimum atomic E-state index is -4.52. The standard InChI is InChI=1S/C48H91O9P/c1-3-5-7-9-11-13-15-17-18-19-20-21-22-23-24-25-26-27-29-31-33-35-37-39-41-54-44-47(45-56-58(52,53)55-43-46(50)42-49)57-48(51)40-38-36-34-32-30-28-16-14-12-10-8-6-4-2/h8,10,14,16,19-20,46-47,49-50H,3-7,9,11-13,15,17-18,21-45H2,1-2H3,(H,52,53)/b10-8-,16-14-,20-19-. The van der Waals surface area contributed by atoms with Crippen LogP contribution in [0.5, 0.6) is 0 Å². The zero-order chi connectivity index (χ0) is 42.5. The first kappa shape index (κ1) is 56.7. The molecule has 3 atom stereocenters. The van der Waals surface area contributed by atoms with Gasteiger partial charge in [0.15, 0.2) is 0 Å². The Bertz CT molecular complexity index is 1000. The molecule has 0 rings (SSSR count). The molecular weight excluding hydrogens is 751 g/mol. The van der Waals surface area contributed by atoms with Crippen LogP contribution in [0.15, 0.2) is 36.5 Å². The lowest BCUT2D eigenvalue weighted by molar-refractivity contribution is -0.154. The van der Waals surface area contributed by atoms with Crippen molar-refractivity contribution in [1.29, 1.82) is 0 Å². The molecule has 0 aromatic rings. The summed E-state index contributed by atoms with van der Waals surface area (Å²) in [4.78, 5) is 22.6. The van der Waals surface area contributed by atoms with E-state index < -0.39 is 39.2 Å².